The molecule has 0 aliphatic heterocycles. The summed E-state index contributed by atoms with van der Waals surface area (Å²) >= 11 is 0. The van der Waals surface area contributed by atoms with Crippen molar-refractivity contribution in [1.29, 1.82) is 0 Å². The van der Waals surface area contributed by atoms with Crippen molar-refractivity contribution in [1.82, 2.24) is 4.98 Å². The second kappa shape index (κ2) is 6.13. The van der Waals surface area contributed by atoms with Crippen LogP contribution in [0, 0.1) is 13.8 Å². The van der Waals surface area contributed by atoms with Gasteiger partial charge in [0.05, 0.1) is 4.90 Å². The molecule has 0 amide bonds. The van der Waals surface area contributed by atoms with Crippen LogP contribution >= 0.6 is 0 Å². The molecular formula is C18H18N2O3S. The summed E-state index contributed by atoms with van der Waals surface area (Å²) in [7, 11) is -2.16. The number of sulfone groups is 1. The third-order valence-electron chi connectivity index (χ3n) is 3.78. The third-order valence-corrected chi connectivity index (χ3v) is 5.46. The van der Waals surface area contributed by atoms with Gasteiger partial charge in [0.25, 0.3) is 0 Å². The summed E-state index contributed by atoms with van der Waals surface area (Å²) in [6.07, 6.45) is 0. The average molecular weight is 342 g/mol. The fourth-order valence-corrected chi connectivity index (χ4v) is 3.71. The fourth-order valence-electron chi connectivity index (χ4n) is 2.40. The molecule has 1 heterocycles. The minimum Gasteiger partial charge on any atom is -0.419 e. The molecule has 0 radical (unpaired) electrons. The van der Waals surface area contributed by atoms with E-state index in [0.717, 1.165) is 16.7 Å². The molecule has 0 aliphatic carbocycles. The molecule has 24 heavy (non-hydrogen) atoms. The summed E-state index contributed by atoms with van der Waals surface area (Å²) in [6.45, 7) is 3.83. The first kappa shape index (κ1) is 16.3. The van der Waals surface area contributed by atoms with Gasteiger partial charge >= 0.3 is 0 Å². The minimum absolute atomic E-state index is 0.105. The van der Waals surface area contributed by atoms with Gasteiger partial charge in [-0.1, -0.05) is 35.9 Å². The van der Waals surface area contributed by atoms with Crippen molar-refractivity contribution >= 4 is 15.7 Å². The minimum atomic E-state index is -3.77. The highest BCUT2D eigenvalue weighted by atomic mass is 32.2. The zero-order chi connectivity index (χ0) is 17.3. The predicted octanol–water partition coefficient (Wildman–Crippen LogP) is 3.83. The van der Waals surface area contributed by atoms with Crippen LogP contribution in [0.5, 0.6) is 0 Å². The number of rotatable bonds is 4. The molecule has 124 valence electrons. The van der Waals surface area contributed by atoms with Crippen LogP contribution in [0.1, 0.15) is 11.1 Å². The molecule has 6 heteroatoms. The number of nitrogens with one attached hydrogen (secondary N) is 1. The number of anilines is 1. The number of aryl methyl sites for hydroxylation is 2. The van der Waals surface area contributed by atoms with Crippen LogP contribution in [0.3, 0.4) is 0 Å². The quantitative estimate of drug-likeness (QED) is 0.780. The van der Waals surface area contributed by atoms with Crippen molar-refractivity contribution in [2.45, 2.75) is 23.8 Å². The lowest BCUT2D eigenvalue weighted by Gasteiger charge is -2.03. The Bertz CT molecular complexity index is 974. The van der Waals surface area contributed by atoms with Gasteiger partial charge in [0.2, 0.25) is 26.6 Å². The third kappa shape index (κ3) is 2.80. The molecule has 0 atom stereocenters. The standard InChI is InChI=1S/C18H18N2O3S/c1-12-8-10-14(11-9-12)24(21,22)18-17(19-3)23-16(20-18)15-7-5-4-6-13(15)2/h4-11,19H,1-3H3. The monoisotopic (exact) mass is 342 g/mol. The predicted molar refractivity (Wildman–Crippen MR) is 92.9 cm³/mol. The molecule has 0 saturated carbocycles. The van der Waals surface area contributed by atoms with E-state index in [1.165, 1.54) is 0 Å². The van der Waals surface area contributed by atoms with Crippen molar-refractivity contribution < 1.29 is 12.8 Å². The topological polar surface area (TPSA) is 72.2 Å². The number of hydrogen-bond donors (Lipinski definition) is 1. The van der Waals surface area contributed by atoms with E-state index in [2.05, 4.69) is 10.3 Å². The van der Waals surface area contributed by atoms with Gasteiger partial charge in [-0.2, -0.15) is 4.98 Å². The van der Waals surface area contributed by atoms with Crippen LogP contribution in [0.2, 0.25) is 0 Å². The Morgan fingerprint density at radius 1 is 1.00 bits per heavy atom. The molecule has 0 spiro atoms. The molecule has 5 nitrogen and oxygen atoms in total. The van der Waals surface area contributed by atoms with Crippen molar-refractivity contribution in [2.24, 2.45) is 0 Å². The van der Waals surface area contributed by atoms with E-state index in [1.807, 2.05) is 38.1 Å². The number of benzene rings is 2. The van der Waals surface area contributed by atoms with Crippen LogP contribution in [0.15, 0.2) is 62.9 Å². The number of hydrogen-bond acceptors (Lipinski definition) is 5. The summed E-state index contributed by atoms with van der Waals surface area (Å²) in [5, 5.41) is 2.68. The lowest BCUT2D eigenvalue weighted by molar-refractivity contribution is 0.580. The van der Waals surface area contributed by atoms with Gasteiger partial charge in [-0.05, 0) is 37.6 Å². The summed E-state index contributed by atoms with van der Waals surface area (Å²) in [5.41, 5.74) is 2.71. The Morgan fingerprint density at radius 3 is 2.29 bits per heavy atom. The highest BCUT2D eigenvalue weighted by Crippen LogP contribution is 2.33. The fraction of sp³-hybridized carbons (Fsp3) is 0.167. The second-order valence-electron chi connectivity index (χ2n) is 5.53. The van der Waals surface area contributed by atoms with E-state index in [1.54, 1.807) is 31.3 Å². The van der Waals surface area contributed by atoms with Gasteiger partial charge in [0.1, 0.15) is 0 Å². The van der Waals surface area contributed by atoms with Crippen molar-refractivity contribution in [3.8, 4) is 11.5 Å². The Labute approximate surface area is 141 Å². The highest BCUT2D eigenvalue weighted by Gasteiger charge is 2.28. The SMILES string of the molecule is CNc1oc(-c2ccccc2C)nc1S(=O)(=O)c1ccc(C)cc1. The zero-order valence-corrected chi connectivity index (χ0v) is 14.5. The Hall–Kier alpha value is -2.60. The first-order chi connectivity index (χ1) is 11.4. The summed E-state index contributed by atoms with van der Waals surface area (Å²) in [6, 6.07) is 14.2. The molecule has 3 aromatic rings. The van der Waals surface area contributed by atoms with Crippen molar-refractivity contribution in [3.05, 3.63) is 59.7 Å². The van der Waals surface area contributed by atoms with Gasteiger partial charge in [-0.15, -0.1) is 0 Å². The lowest BCUT2D eigenvalue weighted by atomic mass is 10.1. The second-order valence-corrected chi connectivity index (χ2v) is 7.40. The number of oxazole rings is 1. The first-order valence-corrected chi connectivity index (χ1v) is 8.98. The molecule has 0 aliphatic rings. The van der Waals surface area contributed by atoms with Gasteiger partial charge in [-0.3, -0.25) is 0 Å². The molecule has 1 aromatic heterocycles. The number of aromatic nitrogens is 1. The average Bonchev–Trinajstić information content (AvgIpc) is 3.00. The van der Waals surface area contributed by atoms with Crippen molar-refractivity contribution in [2.75, 3.05) is 12.4 Å². The highest BCUT2D eigenvalue weighted by molar-refractivity contribution is 7.91. The smallest absolute Gasteiger partial charge is 0.233 e. The lowest BCUT2D eigenvalue weighted by Crippen LogP contribution is -2.05. The van der Waals surface area contributed by atoms with E-state index in [4.69, 9.17) is 4.42 Å². The number of nitrogens with zero attached hydrogens (tertiary/aromatic N) is 1. The van der Waals surface area contributed by atoms with E-state index >= 15 is 0 Å². The Balaban J connectivity index is 2.15. The maximum Gasteiger partial charge on any atom is 0.233 e. The van der Waals surface area contributed by atoms with Crippen LogP contribution in [0.25, 0.3) is 11.5 Å². The van der Waals surface area contributed by atoms with Crippen LogP contribution < -0.4 is 5.32 Å². The van der Waals surface area contributed by atoms with E-state index in [-0.39, 0.29) is 21.7 Å². The van der Waals surface area contributed by atoms with Gasteiger partial charge in [0.15, 0.2) is 0 Å². The van der Waals surface area contributed by atoms with Crippen LogP contribution in [-0.2, 0) is 9.84 Å². The zero-order valence-electron chi connectivity index (χ0n) is 13.7. The normalized spacial score (nSPS) is 11.5. The van der Waals surface area contributed by atoms with Gasteiger partial charge in [0, 0.05) is 12.6 Å². The van der Waals surface area contributed by atoms with Crippen molar-refractivity contribution in [3.63, 3.8) is 0 Å². The molecule has 0 unspecified atom stereocenters. The van der Waals surface area contributed by atoms with E-state index < -0.39 is 9.84 Å². The van der Waals surface area contributed by atoms with E-state index in [9.17, 15) is 8.42 Å². The van der Waals surface area contributed by atoms with Crippen LogP contribution in [-0.4, -0.2) is 20.4 Å². The largest absolute Gasteiger partial charge is 0.419 e. The molecule has 0 fully saturated rings. The maximum atomic E-state index is 12.9. The summed E-state index contributed by atoms with van der Waals surface area (Å²) < 4.78 is 31.4. The summed E-state index contributed by atoms with van der Waals surface area (Å²) in [4.78, 5) is 4.45. The van der Waals surface area contributed by atoms with E-state index in [0.29, 0.717) is 0 Å². The molecule has 3 rings (SSSR count). The van der Waals surface area contributed by atoms with Gasteiger partial charge in [-0.25, -0.2) is 8.42 Å². The maximum absolute atomic E-state index is 12.9. The molecular weight excluding hydrogens is 324 g/mol. The van der Waals surface area contributed by atoms with Gasteiger partial charge < -0.3 is 9.73 Å². The molecule has 0 saturated heterocycles. The summed E-state index contributed by atoms with van der Waals surface area (Å²) in [5.74, 6) is 0.414. The first-order valence-electron chi connectivity index (χ1n) is 7.50. The molecule has 0 bridgehead atoms. The Kier molecular flexibility index (Phi) is 4.15. The van der Waals surface area contributed by atoms with Crippen LogP contribution in [0.4, 0.5) is 5.88 Å². The molecule has 2 aromatic carbocycles. The Morgan fingerprint density at radius 2 is 1.67 bits per heavy atom. The molecule has 1 N–H and O–H groups in total.